The fraction of sp³-hybridized carbons (Fsp3) is 0.273. The number of methoxy groups -OCH3 is 4. The maximum Gasteiger partial charge on any atom is 0.265 e. The molecule has 1 heterocycles. The molecule has 2 aromatic carbocycles. The van der Waals surface area contributed by atoms with Crippen LogP contribution in [0.2, 0.25) is 0 Å². The molecule has 0 atom stereocenters. The normalized spacial score (nSPS) is 10.4. The van der Waals surface area contributed by atoms with Crippen molar-refractivity contribution in [3.05, 3.63) is 59.7 Å². The largest absolute Gasteiger partial charge is 0.499 e. The maximum absolute atomic E-state index is 10.2. The van der Waals surface area contributed by atoms with Crippen LogP contribution in [0.5, 0.6) is 29.0 Å². The Morgan fingerprint density at radius 3 is 1.40 bits per heavy atom. The van der Waals surface area contributed by atoms with E-state index in [2.05, 4.69) is 9.97 Å². The first-order valence-electron chi connectivity index (χ1n) is 9.27. The molecule has 0 spiro atoms. The van der Waals surface area contributed by atoms with Crippen LogP contribution in [-0.2, 0) is 13.1 Å². The lowest BCUT2D eigenvalue weighted by molar-refractivity contribution is 0.320. The zero-order valence-corrected chi connectivity index (χ0v) is 17.5. The molecule has 0 saturated carbocycles. The van der Waals surface area contributed by atoms with E-state index in [1.165, 1.54) is 14.2 Å². The van der Waals surface area contributed by atoms with Crippen LogP contribution in [0, 0.1) is 0 Å². The molecule has 3 rings (SSSR count). The molecule has 0 aliphatic heterocycles. The zero-order chi connectivity index (χ0) is 21.5. The van der Waals surface area contributed by atoms with Crippen LogP contribution in [-0.4, -0.2) is 43.5 Å². The molecule has 8 nitrogen and oxygen atoms in total. The summed E-state index contributed by atoms with van der Waals surface area (Å²) in [5, 5.41) is 10.2. The number of aromatic nitrogens is 2. The summed E-state index contributed by atoms with van der Waals surface area (Å²) in [5.41, 5.74) is 2.08. The third kappa shape index (κ3) is 4.83. The molecule has 30 heavy (non-hydrogen) atoms. The van der Waals surface area contributed by atoms with Gasteiger partial charge in [0.05, 0.1) is 28.4 Å². The van der Waals surface area contributed by atoms with Crippen molar-refractivity contribution >= 4 is 5.95 Å². The Bertz CT molecular complexity index is 887. The van der Waals surface area contributed by atoms with Gasteiger partial charge in [-0.15, -0.1) is 0 Å². The molecule has 3 aromatic rings. The van der Waals surface area contributed by atoms with Crippen molar-refractivity contribution < 1.29 is 24.1 Å². The Labute approximate surface area is 175 Å². The van der Waals surface area contributed by atoms with E-state index in [0.29, 0.717) is 19.0 Å². The molecular formula is C22H25N3O5. The molecule has 1 N–H and O–H groups in total. The van der Waals surface area contributed by atoms with Crippen molar-refractivity contribution in [1.29, 1.82) is 0 Å². The van der Waals surface area contributed by atoms with Gasteiger partial charge in [-0.1, -0.05) is 24.3 Å². The van der Waals surface area contributed by atoms with E-state index in [-0.39, 0.29) is 17.5 Å². The summed E-state index contributed by atoms with van der Waals surface area (Å²) in [6, 6.07) is 15.5. The van der Waals surface area contributed by atoms with Gasteiger partial charge >= 0.3 is 0 Å². The summed E-state index contributed by atoms with van der Waals surface area (Å²) in [6.45, 7) is 1.04. The van der Waals surface area contributed by atoms with Crippen LogP contribution in [0.4, 0.5) is 5.95 Å². The lowest BCUT2D eigenvalue weighted by Gasteiger charge is -2.24. The first-order valence-corrected chi connectivity index (χ1v) is 9.27. The molecule has 0 amide bonds. The van der Waals surface area contributed by atoms with Crippen molar-refractivity contribution in [1.82, 2.24) is 9.97 Å². The summed E-state index contributed by atoms with van der Waals surface area (Å²) < 4.78 is 20.9. The predicted octanol–water partition coefficient (Wildman–Crippen LogP) is 3.42. The Balaban J connectivity index is 1.97. The van der Waals surface area contributed by atoms with Crippen LogP contribution >= 0.6 is 0 Å². The molecule has 0 bridgehead atoms. The van der Waals surface area contributed by atoms with E-state index in [9.17, 15) is 5.11 Å². The van der Waals surface area contributed by atoms with Crippen molar-refractivity contribution in [2.24, 2.45) is 0 Å². The molecule has 0 saturated heterocycles. The number of nitrogens with zero attached hydrogens (tertiary/aromatic N) is 3. The summed E-state index contributed by atoms with van der Waals surface area (Å²) in [7, 11) is 6.13. The maximum atomic E-state index is 10.2. The van der Waals surface area contributed by atoms with Gasteiger partial charge < -0.3 is 29.0 Å². The Hall–Kier alpha value is -3.68. The number of ether oxygens (including phenoxy) is 4. The second-order valence-corrected chi connectivity index (χ2v) is 6.44. The smallest absolute Gasteiger partial charge is 0.265 e. The van der Waals surface area contributed by atoms with Gasteiger partial charge in [-0.05, 0) is 35.4 Å². The molecule has 158 valence electrons. The van der Waals surface area contributed by atoms with Gasteiger partial charge in [-0.25, -0.2) is 0 Å². The van der Waals surface area contributed by atoms with Crippen LogP contribution in [0.1, 0.15) is 11.1 Å². The number of hydrogen-bond donors (Lipinski definition) is 1. The fourth-order valence-corrected chi connectivity index (χ4v) is 2.93. The van der Waals surface area contributed by atoms with Crippen LogP contribution in [0.3, 0.4) is 0 Å². The summed E-state index contributed by atoms with van der Waals surface area (Å²) in [6.07, 6.45) is 0. The number of rotatable bonds is 9. The quantitative estimate of drug-likeness (QED) is 0.573. The van der Waals surface area contributed by atoms with Crippen molar-refractivity contribution in [2.45, 2.75) is 13.1 Å². The van der Waals surface area contributed by atoms with Gasteiger partial charge in [0.2, 0.25) is 11.7 Å². The zero-order valence-electron chi connectivity index (χ0n) is 17.5. The van der Waals surface area contributed by atoms with Gasteiger partial charge in [-0.3, -0.25) is 0 Å². The van der Waals surface area contributed by atoms with Crippen molar-refractivity contribution in [3.8, 4) is 29.0 Å². The van der Waals surface area contributed by atoms with E-state index < -0.39 is 0 Å². The average molecular weight is 411 g/mol. The number of aromatic hydroxyl groups is 1. The minimum Gasteiger partial charge on any atom is -0.499 e. The standard InChI is InChI=1S/C22H25N3O5/c1-27-17-9-5-15(6-10-17)13-25(14-16-7-11-18(28-2)12-8-16)22-23-20(29-3)19(26)21(24-22)30-4/h5-12,26H,13-14H2,1-4H3. The highest BCUT2D eigenvalue weighted by Gasteiger charge is 2.20. The molecule has 0 aliphatic carbocycles. The number of benzene rings is 2. The minimum absolute atomic E-state index is 0.0475. The molecule has 1 aromatic heterocycles. The Morgan fingerprint density at radius 2 is 1.07 bits per heavy atom. The molecule has 0 radical (unpaired) electrons. The number of hydrogen-bond acceptors (Lipinski definition) is 8. The van der Waals surface area contributed by atoms with E-state index in [1.54, 1.807) is 14.2 Å². The van der Waals surface area contributed by atoms with Gasteiger partial charge in [0.25, 0.3) is 11.8 Å². The highest BCUT2D eigenvalue weighted by molar-refractivity contribution is 5.48. The minimum atomic E-state index is -0.238. The van der Waals surface area contributed by atoms with Gasteiger partial charge in [0.15, 0.2) is 0 Å². The van der Waals surface area contributed by atoms with E-state index >= 15 is 0 Å². The lowest BCUT2D eigenvalue weighted by atomic mass is 10.1. The topological polar surface area (TPSA) is 86.2 Å². The van der Waals surface area contributed by atoms with E-state index in [4.69, 9.17) is 18.9 Å². The van der Waals surface area contributed by atoms with E-state index in [0.717, 1.165) is 22.6 Å². The second kappa shape index (κ2) is 9.69. The summed E-state index contributed by atoms with van der Waals surface area (Å²) in [5.74, 6) is 1.79. The SMILES string of the molecule is COc1ccc(CN(Cc2ccc(OC)cc2)c2nc(OC)c(O)c(OC)n2)cc1. The predicted molar refractivity (Wildman–Crippen MR) is 113 cm³/mol. The van der Waals surface area contributed by atoms with Crippen molar-refractivity contribution in [2.75, 3.05) is 33.3 Å². The Kier molecular flexibility index (Phi) is 6.79. The Morgan fingerprint density at radius 1 is 0.667 bits per heavy atom. The summed E-state index contributed by atoms with van der Waals surface area (Å²) >= 11 is 0. The average Bonchev–Trinajstić information content (AvgIpc) is 2.79. The summed E-state index contributed by atoms with van der Waals surface area (Å²) in [4.78, 5) is 10.7. The van der Waals surface area contributed by atoms with Crippen LogP contribution < -0.4 is 23.8 Å². The van der Waals surface area contributed by atoms with E-state index in [1.807, 2.05) is 53.4 Å². The van der Waals surface area contributed by atoms with Gasteiger partial charge in [0.1, 0.15) is 11.5 Å². The molecule has 0 aliphatic rings. The molecule has 0 fully saturated rings. The first kappa shape index (κ1) is 21.0. The monoisotopic (exact) mass is 411 g/mol. The van der Waals surface area contributed by atoms with Crippen LogP contribution in [0.15, 0.2) is 48.5 Å². The number of anilines is 1. The third-order valence-electron chi connectivity index (χ3n) is 4.54. The highest BCUT2D eigenvalue weighted by atomic mass is 16.5. The fourth-order valence-electron chi connectivity index (χ4n) is 2.93. The molecule has 8 heteroatoms. The lowest BCUT2D eigenvalue weighted by Crippen LogP contribution is -2.24. The van der Waals surface area contributed by atoms with Crippen LogP contribution in [0.25, 0.3) is 0 Å². The highest BCUT2D eigenvalue weighted by Crippen LogP contribution is 2.35. The van der Waals surface area contributed by atoms with Gasteiger partial charge in [0, 0.05) is 13.1 Å². The second-order valence-electron chi connectivity index (χ2n) is 6.44. The molecular weight excluding hydrogens is 386 g/mol. The van der Waals surface area contributed by atoms with Crippen molar-refractivity contribution in [3.63, 3.8) is 0 Å². The first-order chi connectivity index (χ1) is 14.6. The van der Waals surface area contributed by atoms with Gasteiger partial charge in [-0.2, -0.15) is 9.97 Å². The molecule has 0 unspecified atom stereocenters. The third-order valence-corrected chi connectivity index (χ3v) is 4.54.